The van der Waals surface area contributed by atoms with E-state index in [1.165, 1.54) is 13.2 Å². The van der Waals surface area contributed by atoms with Gasteiger partial charge in [-0.2, -0.15) is 0 Å². The zero-order valence-corrected chi connectivity index (χ0v) is 12.8. The Bertz CT molecular complexity index is 635. The first kappa shape index (κ1) is 15.1. The van der Waals surface area contributed by atoms with Crippen molar-refractivity contribution in [1.82, 2.24) is 0 Å². The van der Waals surface area contributed by atoms with Crippen molar-refractivity contribution in [2.24, 2.45) is 0 Å². The Morgan fingerprint density at radius 3 is 2.52 bits per heavy atom. The van der Waals surface area contributed by atoms with Crippen molar-refractivity contribution in [3.8, 4) is 5.75 Å². The fraction of sp³-hybridized carbons (Fsp3) is 0.375. The molecule has 0 radical (unpaired) electrons. The van der Waals surface area contributed by atoms with Crippen LogP contribution in [0.5, 0.6) is 5.75 Å². The lowest BCUT2D eigenvalue weighted by Gasteiger charge is -2.18. The fourth-order valence-electron chi connectivity index (χ4n) is 2.09. The summed E-state index contributed by atoms with van der Waals surface area (Å²) in [5, 5.41) is 0. The highest BCUT2D eigenvalue weighted by atomic mass is 16.6. The molecule has 1 aliphatic heterocycles. The highest BCUT2D eigenvalue weighted by Crippen LogP contribution is 2.35. The van der Waals surface area contributed by atoms with Gasteiger partial charge >= 0.3 is 11.9 Å². The lowest BCUT2D eigenvalue weighted by atomic mass is 10.0. The second kappa shape index (κ2) is 5.24. The standard InChI is InChI=1S/C16H18O5/c1-9-6-10(19-5)7-11-12(20-15(18)14(9)11)8-13(17)21-16(2,3)4/h6-8H,1-5H3/b12-8+. The average Bonchev–Trinajstić information content (AvgIpc) is 2.63. The van der Waals surface area contributed by atoms with Gasteiger partial charge in [0.05, 0.1) is 18.7 Å². The first-order valence-corrected chi connectivity index (χ1v) is 6.57. The zero-order valence-electron chi connectivity index (χ0n) is 12.8. The Balaban J connectivity index is 2.41. The summed E-state index contributed by atoms with van der Waals surface area (Å²) >= 11 is 0. The summed E-state index contributed by atoms with van der Waals surface area (Å²) in [6, 6.07) is 3.42. The quantitative estimate of drug-likeness (QED) is 0.619. The van der Waals surface area contributed by atoms with Crippen LogP contribution in [0.3, 0.4) is 0 Å². The number of fused-ring (bicyclic) bond motifs is 1. The molecule has 1 heterocycles. The normalized spacial score (nSPS) is 15.7. The van der Waals surface area contributed by atoms with Crippen molar-refractivity contribution in [2.45, 2.75) is 33.3 Å². The number of esters is 2. The molecule has 5 nitrogen and oxygen atoms in total. The summed E-state index contributed by atoms with van der Waals surface area (Å²) in [4.78, 5) is 23.8. The lowest BCUT2D eigenvalue weighted by molar-refractivity contribution is -0.148. The molecule has 5 heteroatoms. The summed E-state index contributed by atoms with van der Waals surface area (Å²) in [5.74, 6) is -0.246. The fourth-order valence-corrected chi connectivity index (χ4v) is 2.09. The lowest BCUT2D eigenvalue weighted by Crippen LogP contribution is -2.22. The number of hydrogen-bond acceptors (Lipinski definition) is 5. The number of rotatable bonds is 2. The van der Waals surface area contributed by atoms with Crippen molar-refractivity contribution in [2.75, 3.05) is 7.11 Å². The van der Waals surface area contributed by atoms with Gasteiger partial charge in [-0.1, -0.05) is 0 Å². The van der Waals surface area contributed by atoms with E-state index in [-0.39, 0.29) is 5.76 Å². The van der Waals surface area contributed by atoms with E-state index < -0.39 is 17.5 Å². The highest BCUT2D eigenvalue weighted by Gasteiger charge is 2.30. The summed E-state index contributed by atoms with van der Waals surface area (Å²) in [7, 11) is 1.54. The molecule has 1 aliphatic rings. The Kier molecular flexibility index (Phi) is 3.77. The number of benzene rings is 1. The van der Waals surface area contributed by atoms with E-state index in [1.807, 2.05) is 0 Å². The molecule has 2 rings (SSSR count). The van der Waals surface area contributed by atoms with E-state index in [9.17, 15) is 9.59 Å². The summed E-state index contributed by atoms with van der Waals surface area (Å²) < 4.78 is 15.5. The second-order valence-corrected chi connectivity index (χ2v) is 5.80. The molecule has 112 valence electrons. The third-order valence-electron chi connectivity index (χ3n) is 2.87. The molecule has 0 saturated carbocycles. The maximum Gasteiger partial charge on any atom is 0.344 e. The van der Waals surface area contributed by atoms with E-state index in [0.717, 1.165) is 5.56 Å². The van der Waals surface area contributed by atoms with Crippen molar-refractivity contribution in [1.29, 1.82) is 0 Å². The Hall–Kier alpha value is -2.30. The Labute approximate surface area is 123 Å². The minimum Gasteiger partial charge on any atom is -0.497 e. The molecular formula is C16H18O5. The van der Waals surface area contributed by atoms with Crippen LogP contribution in [0.4, 0.5) is 0 Å². The van der Waals surface area contributed by atoms with Gasteiger partial charge < -0.3 is 14.2 Å². The smallest absolute Gasteiger partial charge is 0.344 e. The van der Waals surface area contributed by atoms with Crippen LogP contribution in [0.25, 0.3) is 5.76 Å². The predicted octanol–water partition coefficient (Wildman–Crippen LogP) is 2.86. The molecule has 0 fully saturated rings. The molecule has 0 spiro atoms. The van der Waals surface area contributed by atoms with E-state index in [1.54, 1.807) is 39.8 Å². The summed E-state index contributed by atoms with van der Waals surface area (Å²) in [6.07, 6.45) is 1.19. The first-order chi connectivity index (χ1) is 9.71. The third-order valence-corrected chi connectivity index (χ3v) is 2.87. The number of ether oxygens (including phenoxy) is 3. The summed E-state index contributed by atoms with van der Waals surface area (Å²) in [6.45, 7) is 7.10. The topological polar surface area (TPSA) is 61.8 Å². The number of cyclic esters (lactones) is 1. The average molecular weight is 290 g/mol. The van der Waals surface area contributed by atoms with Gasteiger partial charge in [-0.3, -0.25) is 0 Å². The molecule has 0 unspecified atom stereocenters. The molecule has 0 N–H and O–H groups in total. The van der Waals surface area contributed by atoms with E-state index in [0.29, 0.717) is 16.9 Å². The molecule has 0 aliphatic carbocycles. The monoisotopic (exact) mass is 290 g/mol. The number of aryl methyl sites for hydroxylation is 1. The Morgan fingerprint density at radius 2 is 1.95 bits per heavy atom. The third kappa shape index (κ3) is 3.24. The van der Waals surface area contributed by atoms with Gasteiger partial charge in [-0.05, 0) is 45.4 Å². The maximum absolute atomic E-state index is 11.9. The number of carbonyl (C=O) groups excluding carboxylic acids is 2. The number of carbonyl (C=O) groups is 2. The van der Waals surface area contributed by atoms with Crippen LogP contribution in [0.15, 0.2) is 18.2 Å². The molecule has 0 amide bonds. The van der Waals surface area contributed by atoms with Crippen LogP contribution >= 0.6 is 0 Å². The Morgan fingerprint density at radius 1 is 1.29 bits per heavy atom. The minimum atomic E-state index is -0.607. The van der Waals surface area contributed by atoms with Gasteiger partial charge in [-0.15, -0.1) is 0 Å². The number of hydrogen-bond donors (Lipinski definition) is 0. The first-order valence-electron chi connectivity index (χ1n) is 6.57. The molecule has 0 bridgehead atoms. The molecule has 1 aromatic carbocycles. The van der Waals surface area contributed by atoms with Gasteiger partial charge in [0.1, 0.15) is 17.1 Å². The second-order valence-electron chi connectivity index (χ2n) is 5.80. The highest BCUT2D eigenvalue weighted by molar-refractivity contribution is 6.07. The molecule has 0 aromatic heterocycles. The van der Waals surface area contributed by atoms with E-state index >= 15 is 0 Å². The molecule has 21 heavy (non-hydrogen) atoms. The van der Waals surface area contributed by atoms with Gasteiger partial charge in [-0.25, -0.2) is 9.59 Å². The zero-order chi connectivity index (χ0) is 15.8. The number of methoxy groups -OCH3 is 1. The summed E-state index contributed by atoms with van der Waals surface area (Å²) in [5.41, 5.74) is 1.12. The van der Waals surface area contributed by atoms with Gasteiger partial charge in [0.25, 0.3) is 0 Å². The van der Waals surface area contributed by atoms with Crippen molar-refractivity contribution < 1.29 is 23.8 Å². The largest absolute Gasteiger partial charge is 0.497 e. The van der Waals surface area contributed by atoms with Crippen LogP contribution in [-0.2, 0) is 14.3 Å². The molecule has 0 saturated heterocycles. The van der Waals surface area contributed by atoms with Crippen LogP contribution in [-0.4, -0.2) is 24.6 Å². The SMILES string of the molecule is COc1cc(C)c2c(c1)/C(=C\C(=O)OC(C)(C)C)OC2=O. The van der Waals surface area contributed by atoms with Crippen LogP contribution in [0.1, 0.15) is 42.3 Å². The van der Waals surface area contributed by atoms with E-state index in [4.69, 9.17) is 14.2 Å². The van der Waals surface area contributed by atoms with Gasteiger partial charge in [0.2, 0.25) is 0 Å². The van der Waals surface area contributed by atoms with Crippen molar-refractivity contribution in [3.05, 3.63) is 34.9 Å². The minimum absolute atomic E-state index is 0.186. The van der Waals surface area contributed by atoms with Crippen molar-refractivity contribution >= 4 is 17.7 Å². The van der Waals surface area contributed by atoms with Crippen LogP contribution in [0.2, 0.25) is 0 Å². The van der Waals surface area contributed by atoms with Crippen LogP contribution in [0, 0.1) is 6.92 Å². The molecule has 0 atom stereocenters. The van der Waals surface area contributed by atoms with Gasteiger partial charge in [0, 0.05) is 5.56 Å². The van der Waals surface area contributed by atoms with E-state index in [2.05, 4.69) is 0 Å². The molecular weight excluding hydrogens is 272 g/mol. The molecule has 1 aromatic rings. The van der Waals surface area contributed by atoms with Crippen LogP contribution < -0.4 is 4.74 Å². The predicted molar refractivity (Wildman–Crippen MR) is 77.0 cm³/mol. The van der Waals surface area contributed by atoms with Gasteiger partial charge in [0.15, 0.2) is 0 Å². The maximum atomic E-state index is 11.9. The van der Waals surface area contributed by atoms with Crippen molar-refractivity contribution in [3.63, 3.8) is 0 Å².